The largest absolute Gasteiger partial charge is 0.490 e. The van der Waals surface area contributed by atoms with Crippen molar-refractivity contribution in [2.75, 3.05) is 39.3 Å². The predicted octanol–water partition coefficient (Wildman–Crippen LogP) is -0.387. The number of rotatable bonds is 8. The summed E-state index contributed by atoms with van der Waals surface area (Å²) in [6.07, 6.45) is -0.532. The number of ketones is 1. The number of aliphatic hydroxyl groups excluding tert-OH is 1. The van der Waals surface area contributed by atoms with E-state index in [9.17, 15) is 9.90 Å². The number of hydrogen-bond donors (Lipinski definition) is 3. The Morgan fingerprint density at radius 2 is 1.63 bits per heavy atom. The number of Topliss-reactive ketones (excluding diaryl/α,β-unsaturated/α-hetero) is 1. The van der Waals surface area contributed by atoms with Crippen molar-refractivity contribution in [3.8, 4) is 5.75 Å². The third-order valence-corrected chi connectivity index (χ3v) is 5.18. The van der Waals surface area contributed by atoms with Crippen LogP contribution < -0.4 is 14.5 Å². The second-order valence-electron chi connectivity index (χ2n) is 7.38. The van der Waals surface area contributed by atoms with Crippen molar-refractivity contribution < 1.29 is 24.4 Å². The van der Waals surface area contributed by atoms with E-state index in [0.29, 0.717) is 17.9 Å². The van der Waals surface area contributed by atoms with E-state index in [1.165, 1.54) is 17.4 Å². The first-order chi connectivity index (χ1) is 13.1. The number of ether oxygens (including phenoxy) is 1. The highest BCUT2D eigenvalue weighted by molar-refractivity contribution is 5.96. The molecule has 3 rings (SSSR count). The van der Waals surface area contributed by atoms with Crippen molar-refractivity contribution in [3.63, 3.8) is 0 Å². The van der Waals surface area contributed by atoms with Gasteiger partial charge < -0.3 is 19.6 Å². The Morgan fingerprint density at radius 1 is 1.00 bits per heavy atom. The van der Waals surface area contributed by atoms with Gasteiger partial charge in [-0.15, -0.1) is 0 Å². The number of nitrogens with one attached hydrogen (secondary N) is 2. The third kappa shape index (κ3) is 5.89. The summed E-state index contributed by atoms with van der Waals surface area (Å²) in [6.45, 7) is 7.85. The first kappa shape index (κ1) is 19.5. The van der Waals surface area contributed by atoms with Gasteiger partial charge in [0.15, 0.2) is 5.78 Å². The van der Waals surface area contributed by atoms with Crippen LogP contribution in [0.1, 0.15) is 22.8 Å². The quantitative estimate of drug-likeness (QED) is 0.555. The molecule has 0 radical (unpaired) electrons. The molecule has 0 bridgehead atoms. The van der Waals surface area contributed by atoms with E-state index in [4.69, 9.17) is 4.74 Å². The van der Waals surface area contributed by atoms with E-state index in [0.717, 1.165) is 32.7 Å². The lowest BCUT2D eigenvalue weighted by Crippen LogP contribution is -3.28. The molecule has 1 fully saturated rings. The first-order valence-electron chi connectivity index (χ1n) is 9.73. The Bertz CT molecular complexity index is 727. The van der Waals surface area contributed by atoms with Crippen LogP contribution in [0, 0.1) is 0 Å². The van der Waals surface area contributed by atoms with E-state index in [2.05, 4.69) is 30.3 Å². The van der Waals surface area contributed by atoms with E-state index in [1.54, 1.807) is 17.0 Å². The number of hydrogen-bond acceptors (Lipinski definition) is 3. The topological polar surface area (TPSA) is 55.4 Å². The van der Waals surface area contributed by atoms with Crippen LogP contribution in [-0.4, -0.2) is 56.3 Å². The molecule has 1 saturated heterocycles. The average molecular weight is 370 g/mol. The fourth-order valence-electron chi connectivity index (χ4n) is 3.68. The van der Waals surface area contributed by atoms with Crippen LogP contribution >= 0.6 is 0 Å². The van der Waals surface area contributed by atoms with Crippen molar-refractivity contribution in [2.45, 2.75) is 19.6 Å². The van der Waals surface area contributed by atoms with Gasteiger partial charge in [-0.25, -0.2) is 0 Å². The number of aliphatic hydroxyl groups is 1. The van der Waals surface area contributed by atoms with Gasteiger partial charge in [-0.3, -0.25) is 4.79 Å². The molecule has 0 aromatic heterocycles. The Hall–Kier alpha value is -2.21. The highest BCUT2D eigenvalue weighted by atomic mass is 16.5. The molecular formula is C22H30N2O3+2. The molecule has 1 aliphatic heterocycles. The van der Waals surface area contributed by atoms with Gasteiger partial charge in [0.25, 0.3) is 0 Å². The van der Waals surface area contributed by atoms with Crippen LogP contribution in [0.5, 0.6) is 5.75 Å². The normalized spacial score (nSPS) is 20.8. The first-order valence-corrected chi connectivity index (χ1v) is 9.73. The molecule has 0 spiro atoms. The van der Waals surface area contributed by atoms with Crippen LogP contribution in [0.15, 0.2) is 54.6 Å². The van der Waals surface area contributed by atoms with Gasteiger partial charge in [0, 0.05) is 5.56 Å². The zero-order valence-electron chi connectivity index (χ0n) is 16.0. The lowest BCUT2D eigenvalue weighted by molar-refractivity contribution is -1.02. The molecule has 0 unspecified atom stereocenters. The van der Waals surface area contributed by atoms with Gasteiger partial charge in [0.1, 0.15) is 57.7 Å². The summed E-state index contributed by atoms with van der Waals surface area (Å²) >= 11 is 0. The second kappa shape index (κ2) is 9.65. The van der Waals surface area contributed by atoms with Crippen LogP contribution in [0.2, 0.25) is 0 Å². The molecule has 0 aliphatic carbocycles. The van der Waals surface area contributed by atoms with Crippen LogP contribution in [0.4, 0.5) is 0 Å². The number of carbonyl (C=O) groups is 1. The lowest BCUT2D eigenvalue weighted by atomic mass is 10.1. The highest BCUT2D eigenvalue weighted by Gasteiger charge is 2.25. The Balaban J connectivity index is 1.41. The number of benzene rings is 2. The zero-order valence-corrected chi connectivity index (χ0v) is 16.0. The molecule has 0 amide bonds. The van der Waals surface area contributed by atoms with Crippen molar-refractivity contribution in [1.82, 2.24) is 0 Å². The number of para-hydroxylation sites is 1. The maximum atomic E-state index is 11.6. The SMILES string of the molecule is CC(=O)c1ccccc1OC[C@H](O)C[NH+]1CC[NH+](Cc2ccccc2)CC1. The van der Waals surface area contributed by atoms with Gasteiger partial charge in [-0.2, -0.15) is 0 Å². The van der Waals surface area contributed by atoms with Gasteiger partial charge >= 0.3 is 0 Å². The van der Waals surface area contributed by atoms with Crippen molar-refractivity contribution in [1.29, 1.82) is 0 Å². The third-order valence-electron chi connectivity index (χ3n) is 5.18. The minimum atomic E-state index is -0.532. The Morgan fingerprint density at radius 3 is 2.33 bits per heavy atom. The number of quaternary nitrogens is 2. The zero-order chi connectivity index (χ0) is 19.1. The second-order valence-corrected chi connectivity index (χ2v) is 7.38. The molecule has 27 heavy (non-hydrogen) atoms. The van der Waals surface area contributed by atoms with Crippen molar-refractivity contribution in [2.24, 2.45) is 0 Å². The van der Waals surface area contributed by atoms with Crippen molar-refractivity contribution in [3.05, 3.63) is 65.7 Å². The minimum absolute atomic E-state index is 0.0248. The summed E-state index contributed by atoms with van der Waals surface area (Å²) < 4.78 is 5.71. The molecule has 5 heteroatoms. The lowest BCUT2D eigenvalue weighted by Gasteiger charge is -2.30. The van der Waals surface area contributed by atoms with E-state index in [-0.39, 0.29) is 12.4 Å². The summed E-state index contributed by atoms with van der Waals surface area (Å²) in [6, 6.07) is 17.8. The monoisotopic (exact) mass is 370 g/mol. The Kier molecular flexibility index (Phi) is 6.98. The number of piperazine rings is 1. The van der Waals surface area contributed by atoms with Gasteiger partial charge in [0.05, 0.1) is 5.56 Å². The molecule has 144 valence electrons. The molecule has 1 atom stereocenters. The van der Waals surface area contributed by atoms with Crippen LogP contribution in [-0.2, 0) is 6.54 Å². The summed E-state index contributed by atoms with van der Waals surface area (Å²) in [4.78, 5) is 14.7. The van der Waals surface area contributed by atoms with E-state index >= 15 is 0 Å². The summed E-state index contributed by atoms with van der Waals surface area (Å²) in [5, 5.41) is 10.4. The van der Waals surface area contributed by atoms with Gasteiger partial charge in [-0.05, 0) is 19.1 Å². The Labute approximate surface area is 161 Å². The fourth-order valence-corrected chi connectivity index (χ4v) is 3.68. The highest BCUT2D eigenvalue weighted by Crippen LogP contribution is 2.18. The van der Waals surface area contributed by atoms with E-state index < -0.39 is 6.10 Å². The molecule has 2 aromatic carbocycles. The maximum absolute atomic E-state index is 11.6. The van der Waals surface area contributed by atoms with Crippen LogP contribution in [0.25, 0.3) is 0 Å². The molecule has 1 heterocycles. The van der Waals surface area contributed by atoms with E-state index in [1.807, 2.05) is 12.1 Å². The molecule has 1 aliphatic rings. The molecule has 3 N–H and O–H groups in total. The standard InChI is InChI=1S/C22H28N2O3/c1-18(25)21-9-5-6-10-22(21)27-17-20(26)16-24-13-11-23(12-14-24)15-19-7-3-2-4-8-19/h2-10,20,26H,11-17H2,1H3/p+2/t20-/m1/s1. The van der Waals surface area contributed by atoms with Crippen LogP contribution in [0.3, 0.4) is 0 Å². The number of carbonyl (C=O) groups excluding carboxylic acids is 1. The molecule has 2 aromatic rings. The maximum Gasteiger partial charge on any atom is 0.163 e. The summed E-state index contributed by atoms with van der Waals surface area (Å²) in [7, 11) is 0. The summed E-state index contributed by atoms with van der Waals surface area (Å²) in [5.74, 6) is 0.527. The minimum Gasteiger partial charge on any atom is -0.490 e. The summed E-state index contributed by atoms with van der Waals surface area (Å²) in [5.41, 5.74) is 1.95. The smallest absolute Gasteiger partial charge is 0.163 e. The van der Waals surface area contributed by atoms with Gasteiger partial charge in [0.2, 0.25) is 0 Å². The fraction of sp³-hybridized carbons (Fsp3) is 0.409. The predicted molar refractivity (Wildman–Crippen MR) is 104 cm³/mol. The van der Waals surface area contributed by atoms with Gasteiger partial charge in [-0.1, -0.05) is 42.5 Å². The average Bonchev–Trinajstić information content (AvgIpc) is 2.69. The van der Waals surface area contributed by atoms with Crippen molar-refractivity contribution >= 4 is 5.78 Å². The molecular weight excluding hydrogens is 340 g/mol. The molecule has 0 saturated carbocycles. The molecule has 5 nitrogen and oxygen atoms in total.